The molecule has 0 aliphatic carbocycles. The molecule has 2 aliphatic rings. The van der Waals surface area contributed by atoms with E-state index in [1.807, 2.05) is 0 Å². The summed E-state index contributed by atoms with van der Waals surface area (Å²) in [6.07, 6.45) is 18.5. The zero-order valence-corrected chi connectivity index (χ0v) is 21.6. The molecule has 0 spiro atoms. The van der Waals surface area contributed by atoms with Gasteiger partial charge in [-0.3, -0.25) is 4.79 Å². The maximum atomic E-state index is 12.7. The molecule has 0 aromatic rings. The summed E-state index contributed by atoms with van der Waals surface area (Å²) in [5.74, 6) is 2.46. The molecule has 0 aromatic carbocycles. The summed E-state index contributed by atoms with van der Waals surface area (Å²) in [5, 5.41) is 10.4. The summed E-state index contributed by atoms with van der Waals surface area (Å²) in [6.45, 7) is 2.76. The van der Waals surface area contributed by atoms with E-state index in [4.69, 9.17) is 25.4 Å². The minimum absolute atomic E-state index is 0.0128. The van der Waals surface area contributed by atoms with Crippen LogP contribution in [0.1, 0.15) is 110 Å². The summed E-state index contributed by atoms with van der Waals surface area (Å²) in [6, 6.07) is 0. The Morgan fingerprint density at radius 2 is 1.74 bits per heavy atom. The maximum Gasteiger partial charge on any atom is 0.308 e. The summed E-state index contributed by atoms with van der Waals surface area (Å²) >= 11 is 0. The van der Waals surface area contributed by atoms with Crippen molar-refractivity contribution < 1.29 is 28.8 Å². The first-order valence-corrected chi connectivity index (χ1v) is 13.6. The van der Waals surface area contributed by atoms with E-state index >= 15 is 0 Å². The average Bonchev–Trinajstić information content (AvgIpc) is 2.79. The Hall–Kier alpha value is -1.13. The third-order valence-electron chi connectivity index (χ3n) is 7.03. The molecule has 1 N–H and O–H groups in total. The molecule has 2 aliphatic heterocycles. The lowest BCUT2D eigenvalue weighted by molar-refractivity contribution is -0.162. The number of carbonyl (C=O) groups excluding carboxylic acids is 1. The number of fused-ring (bicyclic) bond motifs is 2. The van der Waals surface area contributed by atoms with Crippen molar-refractivity contribution in [3.05, 3.63) is 0 Å². The summed E-state index contributed by atoms with van der Waals surface area (Å²) in [5.41, 5.74) is 0. The smallest absolute Gasteiger partial charge is 0.308 e. The van der Waals surface area contributed by atoms with Crippen molar-refractivity contribution in [3.8, 4) is 12.3 Å². The van der Waals surface area contributed by atoms with E-state index in [1.165, 1.54) is 19.3 Å². The number of aliphatic hydroxyl groups excluding tert-OH is 1. The molecule has 6 nitrogen and oxygen atoms in total. The van der Waals surface area contributed by atoms with Gasteiger partial charge in [0.05, 0.1) is 43.5 Å². The number of unbranched alkanes of at least 4 members (excludes halogenated alkanes) is 6. The van der Waals surface area contributed by atoms with Crippen LogP contribution in [-0.4, -0.2) is 61.4 Å². The Bertz CT molecular complexity index is 588. The lowest BCUT2D eigenvalue weighted by Gasteiger charge is -2.35. The molecule has 2 saturated heterocycles. The fraction of sp³-hybridized carbons (Fsp3) is 0.893. The van der Waals surface area contributed by atoms with Gasteiger partial charge in [-0.05, 0) is 44.9 Å². The van der Waals surface area contributed by atoms with E-state index in [0.29, 0.717) is 32.3 Å². The topological polar surface area (TPSA) is 74.2 Å². The molecule has 2 fully saturated rings. The first-order valence-electron chi connectivity index (χ1n) is 13.6. The Balaban J connectivity index is 1.93. The molecule has 2 heterocycles. The predicted octanol–water partition coefficient (Wildman–Crippen LogP) is 5.34. The van der Waals surface area contributed by atoms with Gasteiger partial charge in [0.2, 0.25) is 0 Å². The first-order chi connectivity index (χ1) is 16.5. The highest BCUT2D eigenvalue weighted by Gasteiger charge is 2.33. The maximum absolute atomic E-state index is 12.7. The van der Waals surface area contributed by atoms with Crippen LogP contribution in [0.15, 0.2) is 0 Å². The van der Waals surface area contributed by atoms with Crippen LogP contribution in [0.25, 0.3) is 0 Å². The normalized spacial score (nSPS) is 31.3. The molecule has 6 heteroatoms. The standard InChI is InChI=1S/C28H48O6/c1-4-6-7-8-9-10-11-12-14-23-15-16-32-24(13-5-2)19-25(31-3)20-26-17-22(29)18-27(33-26)21-28(30)34-23/h1,22-27,29H,5-21H2,2-3H3/t22-,23-,24?,25+,26?,27?/m0/s1. The van der Waals surface area contributed by atoms with Crippen molar-refractivity contribution in [1.82, 2.24) is 0 Å². The zero-order chi connectivity index (χ0) is 24.6. The van der Waals surface area contributed by atoms with Gasteiger partial charge in [0, 0.05) is 26.4 Å². The largest absolute Gasteiger partial charge is 0.462 e. The molecular formula is C28H48O6. The third kappa shape index (κ3) is 12.0. The van der Waals surface area contributed by atoms with Gasteiger partial charge in [-0.25, -0.2) is 0 Å². The molecule has 0 saturated carbocycles. The van der Waals surface area contributed by atoms with E-state index in [1.54, 1.807) is 7.11 Å². The van der Waals surface area contributed by atoms with E-state index in [0.717, 1.165) is 51.4 Å². The van der Waals surface area contributed by atoms with E-state index in [9.17, 15) is 9.90 Å². The van der Waals surface area contributed by atoms with Gasteiger partial charge in [0.25, 0.3) is 0 Å². The quantitative estimate of drug-likeness (QED) is 0.245. The molecule has 34 heavy (non-hydrogen) atoms. The number of carbonyl (C=O) groups is 1. The SMILES string of the molecule is C#CCCCCCCCC[C@H]1CCOC(CCC)C[C@@H](OC)CC2C[C@H](O)CC(CC(=O)O1)O2. The minimum Gasteiger partial charge on any atom is -0.462 e. The number of ether oxygens (including phenoxy) is 4. The number of methoxy groups -OCH3 is 1. The van der Waals surface area contributed by atoms with Gasteiger partial charge in [-0.15, -0.1) is 12.3 Å². The van der Waals surface area contributed by atoms with Crippen LogP contribution in [0.2, 0.25) is 0 Å². The lowest BCUT2D eigenvalue weighted by Crippen LogP contribution is -2.40. The minimum atomic E-state index is -0.457. The van der Waals surface area contributed by atoms with Crippen molar-refractivity contribution in [3.63, 3.8) is 0 Å². The van der Waals surface area contributed by atoms with Crippen molar-refractivity contribution in [2.45, 2.75) is 146 Å². The van der Waals surface area contributed by atoms with Crippen molar-refractivity contribution in [2.24, 2.45) is 0 Å². The molecule has 6 atom stereocenters. The van der Waals surface area contributed by atoms with Gasteiger partial charge >= 0.3 is 5.97 Å². The lowest BCUT2D eigenvalue weighted by atomic mass is 9.94. The van der Waals surface area contributed by atoms with Crippen LogP contribution in [0.3, 0.4) is 0 Å². The monoisotopic (exact) mass is 480 g/mol. The summed E-state index contributed by atoms with van der Waals surface area (Å²) < 4.78 is 24.1. The highest BCUT2D eigenvalue weighted by molar-refractivity contribution is 5.70. The van der Waals surface area contributed by atoms with Crippen LogP contribution < -0.4 is 0 Å². The molecular weight excluding hydrogens is 432 g/mol. The van der Waals surface area contributed by atoms with Gasteiger partial charge in [-0.1, -0.05) is 39.0 Å². The van der Waals surface area contributed by atoms with Crippen LogP contribution in [0.4, 0.5) is 0 Å². The number of hydrogen-bond acceptors (Lipinski definition) is 6. The summed E-state index contributed by atoms with van der Waals surface area (Å²) in [4.78, 5) is 12.7. The molecule has 3 unspecified atom stereocenters. The molecule has 2 bridgehead atoms. The third-order valence-corrected chi connectivity index (χ3v) is 7.03. The van der Waals surface area contributed by atoms with Gasteiger partial charge < -0.3 is 24.1 Å². The van der Waals surface area contributed by atoms with Crippen molar-refractivity contribution in [2.75, 3.05) is 13.7 Å². The molecule has 196 valence electrons. The predicted molar refractivity (Wildman–Crippen MR) is 133 cm³/mol. The number of terminal acetylenes is 1. The van der Waals surface area contributed by atoms with E-state index < -0.39 is 6.10 Å². The molecule has 2 rings (SSSR count). The second-order valence-corrected chi connectivity index (χ2v) is 10.1. The van der Waals surface area contributed by atoms with Crippen LogP contribution in [0, 0.1) is 12.3 Å². The Morgan fingerprint density at radius 1 is 1.00 bits per heavy atom. The zero-order valence-electron chi connectivity index (χ0n) is 21.6. The Morgan fingerprint density at radius 3 is 2.47 bits per heavy atom. The van der Waals surface area contributed by atoms with Crippen LogP contribution in [-0.2, 0) is 23.7 Å². The highest BCUT2D eigenvalue weighted by atomic mass is 16.6. The second kappa shape index (κ2) is 17.3. The fourth-order valence-electron chi connectivity index (χ4n) is 5.19. The van der Waals surface area contributed by atoms with Gasteiger partial charge in [0.15, 0.2) is 0 Å². The second-order valence-electron chi connectivity index (χ2n) is 10.1. The number of rotatable bonds is 11. The van der Waals surface area contributed by atoms with Crippen LogP contribution >= 0.6 is 0 Å². The Kier molecular flexibility index (Phi) is 14.8. The molecule has 0 aromatic heterocycles. The molecule has 0 amide bonds. The number of hydrogen-bond donors (Lipinski definition) is 1. The Labute approximate surface area is 207 Å². The van der Waals surface area contributed by atoms with Crippen LogP contribution in [0.5, 0.6) is 0 Å². The first kappa shape index (κ1) is 29.1. The van der Waals surface area contributed by atoms with Crippen molar-refractivity contribution >= 4 is 5.97 Å². The van der Waals surface area contributed by atoms with Gasteiger partial charge in [0.1, 0.15) is 6.10 Å². The van der Waals surface area contributed by atoms with Crippen molar-refractivity contribution in [1.29, 1.82) is 0 Å². The average molecular weight is 481 g/mol. The number of esters is 1. The summed E-state index contributed by atoms with van der Waals surface area (Å²) in [7, 11) is 1.73. The highest BCUT2D eigenvalue weighted by Crippen LogP contribution is 2.28. The van der Waals surface area contributed by atoms with Gasteiger partial charge in [-0.2, -0.15) is 0 Å². The van der Waals surface area contributed by atoms with E-state index in [-0.39, 0.29) is 42.9 Å². The van der Waals surface area contributed by atoms with E-state index in [2.05, 4.69) is 12.8 Å². The number of cyclic esters (lactones) is 1. The number of aliphatic hydroxyl groups is 1. The fourth-order valence-corrected chi connectivity index (χ4v) is 5.19. The molecule has 0 radical (unpaired) electrons.